The van der Waals surface area contributed by atoms with E-state index in [9.17, 15) is 4.79 Å². The summed E-state index contributed by atoms with van der Waals surface area (Å²) < 4.78 is 5.75. The minimum absolute atomic E-state index is 0.111. The lowest BCUT2D eigenvalue weighted by molar-refractivity contribution is 0.0962. The lowest BCUT2D eigenvalue weighted by Gasteiger charge is -2.15. The van der Waals surface area contributed by atoms with Crippen molar-refractivity contribution in [1.29, 1.82) is 0 Å². The number of carbonyl (C=O) groups is 1. The summed E-state index contributed by atoms with van der Waals surface area (Å²) in [5, 5.41) is 2.82. The summed E-state index contributed by atoms with van der Waals surface area (Å²) in [6, 6.07) is 17.6. The second-order valence-corrected chi connectivity index (χ2v) is 6.49. The molecule has 0 aliphatic carbocycles. The summed E-state index contributed by atoms with van der Waals surface area (Å²) in [6.45, 7) is 8.50. The van der Waals surface area contributed by atoms with E-state index in [-0.39, 0.29) is 18.0 Å². The summed E-state index contributed by atoms with van der Waals surface area (Å²) in [4.78, 5) is 17.1. The molecule has 0 aromatic heterocycles. The molecule has 25 heavy (non-hydrogen) atoms. The van der Waals surface area contributed by atoms with Gasteiger partial charge in [-0.3, -0.25) is 10.1 Å². The summed E-state index contributed by atoms with van der Waals surface area (Å²) in [5.74, 6) is 0.133. The van der Waals surface area contributed by atoms with E-state index in [0.717, 1.165) is 11.1 Å². The Morgan fingerprint density at radius 2 is 1.68 bits per heavy atom. The smallest absolute Gasteiger partial charge is 0.292 e. The Hall–Kier alpha value is -2.62. The molecule has 2 aromatic carbocycles. The van der Waals surface area contributed by atoms with E-state index >= 15 is 0 Å². The Labute approximate surface area is 149 Å². The van der Waals surface area contributed by atoms with E-state index in [0.29, 0.717) is 18.1 Å². The summed E-state index contributed by atoms with van der Waals surface area (Å²) >= 11 is 0. The third kappa shape index (κ3) is 5.75. The van der Waals surface area contributed by atoms with Crippen molar-refractivity contribution in [2.24, 2.45) is 10.9 Å². The van der Waals surface area contributed by atoms with Gasteiger partial charge in [0.1, 0.15) is 0 Å². The van der Waals surface area contributed by atoms with Gasteiger partial charge in [-0.2, -0.15) is 0 Å². The van der Waals surface area contributed by atoms with E-state index in [1.807, 2.05) is 62.4 Å². The highest BCUT2D eigenvalue weighted by Gasteiger charge is 2.14. The highest BCUT2D eigenvalue weighted by Crippen LogP contribution is 2.16. The van der Waals surface area contributed by atoms with Gasteiger partial charge in [0.2, 0.25) is 0 Å². The maximum absolute atomic E-state index is 12.6. The van der Waals surface area contributed by atoms with Crippen LogP contribution < -0.4 is 5.32 Å². The molecule has 1 atom stereocenters. The number of benzene rings is 2. The van der Waals surface area contributed by atoms with Gasteiger partial charge in [-0.05, 0) is 37.0 Å². The van der Waals surface area contributed by atoms with Gasteiger partial charge in [-0.25, -0.2) is 4.99 Å². The molecular formula is C21H26N2O2. The molecule has 0 aliphatic heterocycles. The van der Waals surface area contributed by atoms with Crippen LogP contribution in [-0.4, -0.2) is 18.5 Å². The first-order chi connectivity index (χ1) is 12.0. The number of hydrogen-bond acceptors (Lipinski definition) is 3. The lowest BCUT2D eigenvalue weighted by atomic mass is 10.1. The molecule has 0 spiro atoms. The van der Waals surface area contributed by atoms with Crippen molar-refractivity contribution in [3.8, 4) is 0 Å². The van der Waals surface area contributed by atoms with Crippen LogP contribution >= 0.6 is 0 Å². The van der Waals surface area contributed by atoms with Crippen LogP contribution in [0.4, 0.5) is 0 Å². The maximum Gasteiger partial charge on any atom is 0.292 e. The SMILES string of the molecule is Cc1ccccc1C(=O)NC(=NC(C)c1ccccc1)OCC(C)C. The lowest BCUT2D eigenvalue weighted by Crippen LogP contribution is -2.34. The van der Waals surface area contributed by atoms with Crippen LogP contribution in [0.15, 0.2) is 59.6 Å². The fraction of sp³-hybridized carbons (Fsp3) is 0.333. The van der Waals surface area contributed by atoms with Gasteiger partial charge in [0.25, 0.3) is 11.9 Å². The quantitative estimate of drug-likeness (QED) is 0.644. The molecule has 2 aromatic rings. The molecule has 1 amide bonds. The van der Waals surface area contributed by atoms with Crippen molar-refractivity contribution < 1.29 is 9.53 Å². The van der Waals surface area contributed by atoms with Gasteiger partial charge in [0.15, 0.2) is 0 Å². The zero-order valence-corrected chi connectivity index (χ0v) is 15.3. The van der Waals surface area contributed by atoms with E-state index in [1.54, 1.807) is 6.07 Å². The molecular weight excluding hydrogens is 312 g/mol. The van der Waals surface area contributed by atoms with Crippen molar-refractivity contribution in [3.63, 3.8) is 0 Å². The van der Waals surface area contributed by atoms with Crippen molar-refractivity contribution in [2.45, 2.75) is 33.7 Å². The van der Waals surface area contributed by atoms with E-state index in [4.69, 9.17) is 4.74 Å². The van der Waals surface area contributed by atoms with Gasteiger partial charge in [0, 0.05) is 5.56 Å². The number of nitrogens with one attached hydrogen (secondary N) is 1. The molecule has 0 saturated carbocycles. The summed E-state index contributed by atoms with van der Waals surface area (Å²) in [5.41, 5.74) is 2.60. The van der Waals surface area contributed by atoms with Crippen molar-refractivity contribution >= 4 is 11.9 Å². The number of carbonyl (C=O) groups excluding carboxylic acids is 1. The standard InChI is InChI=1S/C21H26N2O2/c1-15(2)14-25-21(22-17(4)18-11-6-5-7-12-18)23-20(24)19-13-9-8-10-16(19)3/h5-13,15,17H,14H2,1-4H3,(H,22,23,24). The third-order valence-corrected chi connectivity index (χ3v) is 3.76. The number of aryl methyl sites for hydroxylation is 1. The average Bonchev–Trinajstić information content (AvgIpc) is 2.60. The number of aliphatic imine (C=N–C) groups is 1. The largest absolute Gasteiger partial charge is 0.465 e. The second-order valence-electron chi connectivity index (χ2n) is 6.49. The number of ether oxygens (including phenoxy) is 1. The van der Waals surface area contributed by atoms with Gasteiger partial charge in [0.05, 0.1) is 12.6 Å². The van der Waals surface area contributed by atoms with Crippen LogP contribution in [0.1, 0.15) is 48.3 Å². The minimum atomic E-state index is -0.208. The molecule has 2 rings (SSSR count). The van der Waals surface area contributed by atoms with Crippen molar-refractivity contribution in [2.75, 3.05) is 6.61 Å². The third-order valence-electron chi connectivity index (χ3n) is 3.76. The highest BCUT2D eigenvalue weighted by molar-refractivity contribution is 6.05. The Bertz CT molecular complexity index is 724. The summed E-state index contributed by atoms with van der Waals surface area (Å²) in [6.07, 6.45) is 0. The van der Waals surface area contributed by atoms with Crippen LogP contribution in [0.2, 0.25) is 0 Å². The molecule has 0 radical (unpaired) electrons. The van der Waals surface area contributed by atoms with Crippen molar-refractivity contribution in [3.05, 3.63) is 71.3 Å². The first-order valence-corrected chi connectivity index (χ1v) is 8.60. The van der Waals surface area contributed by atoms with Crippen LogP contribution in [-0.2, 0) is 4.74 Å². The van der Waals surface area contributed by atoms with Crippen LogP contribution in [0, 0.1) is 12.8 Å². The topological polar surface area (TPSA) is 50.7 Å². The molecule has 0 aliphatic rings. The fourth-order valence-corrected chi connectivity index (χ4v) is 2.33. The van der Waals surface area contributed by atoms with Gasteiger partial charge in [-0.15, -0.1) is 0 Å². The second kappa shape index (κ2) is 9.02. The molecule has 1 unspecified atom stereocenters. The molecule has 4 heteroatoms. The fourth-order valence-electron chi connectivity index (χ4n) is 2.33. The maximum atomic E-state index is 12.6. The number of amides is 1. The van der Waals surface area contributed by atoms with Crippen molar-refractivity contribution in [1.82, 2.24) is 5.32 Å². The summed E-state index contributed by atoms with van der Waals surface area (Å²) in [7, 11) is 0. The molecule has 132 valence electrons. The highest BCUT2D eigenvalue weighted by atomic mass is 16.5. The molecule has 0 bridgehead atoms. The first kappa shape index (κ1) is 18.7. The van der Waals surface area contributed by atoms with Gasteiger partial charge in [-0.1, -0.05) is 62.4 Å². The Morgan fingerprint density at radius 1 is 1.04 bits per heavy atom. The zero-order chi connectivity index (χ0) is 18.2. The number of nitrogens with zero attached hydrogens (tertiary/aromatic N) is 1. The normalized spacial score (nSPS) is 12.8. The number of hydrogen-bond donors (Lipinski definition) is 1. The van der Waals surface area contributed by atoms with E-state index in [2.05, 4.69) is 24.2 Å². The first-order valence-electron chi connectivity index (χ1n) is 8.60. The number of rotatable bonds is 5. The molecule has 0 fully saturated rings. The van der Waals surface area contributed by atoms with Crippen LogP contribution in [0.5, 0.6) is 0 Å². The minimum Gasteiger partial charge on any atom is -0.465 e. The van der Waals surface area contributed by atoms with Crippen LogP contribution in [0.25, 0.3) is 0 Å². The Kier molecular flexibility index (Phi) is 6.75. The van der Waals surface area contributed by atoms with E-state index < -0.39 is 0 Å². The predicted octanol–water partition coefficient (Wildman–Crippen LogP) is 4.51. The number of amidine groups is 1. The van der Waals surface area contributed by atoms with Gasteiger partial charge < -0.3 is 4.74 Å². The van der Waals surface area contributed by atoms with E-state index in [1.165, 1.54) is 0 Å². The molecule has 0 saturated heterocycles. The average molecular weight is 338 g/mol. The molecule has 0 heterocycles. The Balaban J connectivity index is 2.19. The zero-order valence-electron chi connectivity index (χ0n) is 15.3. The van der Waals surface area contributed by atoms with Gasteiger partial charge >= 0.3 is 0 Å². The Morgan fingerprint density at radius 3 is 2.32 bits per heavy atom. The predicted molar refractivity (Wildman–Crippen MR) is 102 cm³/mol. The van der Waals surface area contributed by atoms with Crippen LogP contribution in [0.3, 0.4) is 0 Å². The molecule has 4 nitrogen and oxygen atoms in total. The molecule has 1 N–H and O–H groups in total. The monoisotopic (exact) mass is 338 g/mol.